The van der Waals surface area contributed by atoms with Gasteiger partial charge in [0.15, 0.2) is 0 Å². The van der Waals surface area contributed by atoms with Gasteiger partial charge < -0.3 is 15.2 Å². The van der Waals surface area contributed by atoms with E-state index in [0.717, 1.165) is 0 Å². The van der Waals surface area contributed by atoms with E-state index in [4.69, 9.17) is 39.9 Å². The SMILES string of the molecule is C[C@@H](NC(=O)OCC(Cl)(Cl)Cl)C(=O)O. The summed E-state index contributed by atoms with van der Waals surface area (Å²) in [5.74, 6) is -1.18. The minimum absolute atomic E-state index is 0.449. The first-order chi connectivity index (χ1) is 6.22. The predicted molar refractivity (Wildman–Crippen MR) is 51.9 cm³/mol. The molecule has 1 atom stereocenters. The zero-order valence-corrected chi connectivity index (χ0v) is 9.36. The van der Waals surface area contributed by atoms with Gasteiger partial charge in [0.05, 0.1) is 0 Å². The van der Waals surface area contributed by atoms with Gasteiger partial charge in [-0.25, -0.2) is 4.79 Å². The monoisotopic (exact) mass is 263 g/mol. The Morgan fingerprint density at radius 2 is 2.00 bits per heavy atom. The molecule has 0 aromatic carbocycles. The summed E-state index contributed by atoms with van der Waals surface area (Å²) in [6.45, 7) is 0.828. The van der Waals surface area contributed by atoms with Crippen molar-refractivity contribution in [3.05, 3.63) is 0 Å². The minimum atomic E-state index is -1.70. The van der Waals surface area contributed by atoms with Crippen LogP contribution in [0.1, 0.15) is 6.92 Å². The van der Waals surface area contributed by atoms with E-state index in [9.17, 15) is 9.59 Å². The topological polar surface area (TPSA) is 75.6 Å². The number of carbonyl (C=O) groups excluding carboxylic acids is 1. The molecule has 0 saturated carbocycles. The summed E-state index contributed by atoms with van der Waals surface area (Å²) < 4.78 is 2.71. The average Bonchev–Trinajstić information content (AvgIpc) is 1.99. The number of alkyl carbamates (subject to hydrolysis) is 1. The number of rotatable bonds is 3. The van der Waals surface area contributed by atoms with Gasteiger partial charge in [0.25, 0.3) is 0 Å². The first kappa shape index (κ1) is 13.6. The van der Waals surface area contributed by atoms with Gasteiger partial charge in [-0.2, -0.15) is 0 Å². The van der Waals surface area contributed by atoms with Gasteiger partial charge in [0.2, 0.25) is 3.79 Å². The largest absolute Gasteiger partial charge is 0.480 e. The van der Waals surface area contributed by atoms with Crippen molar-refractivity contribution in [1.29, 1.82) is 0 Å². The van der Waals surface area contributed by atoms with Gasteiger partial charge in [0.1, 0.15) is 12.6 Å². The second-order valence-corrected chi connectivity index (χ2v) is 4.91. The van der Waals surface area contributed by atoms with E-state index in [2.05, 4.69) is 4.74 Å². The highest BCUT2D eigenvalue weighted by molar-refractivity contribution is 6.67. The van der Waals surface area contributed by atoms with Crippen LogP contribution in [0.25, 0.3) is 0 Å². The Balaban J connectivity index is 3.83. The minimum Gasteiger partial charge on any atom is -0.480 e. The summed E-state index contributed by atoms with van der Waals surface area (Å²) in [6, 6.07) is -1.06. The van der Waals surface area contributed by atoms with Crippen LogP contribution in [-0.2, 0) is 9.53 Å². The van der Waals surface area contributed by atoms with Gasteiger partial charge in [-0.1, -0.05) is 34.8 Å². The summed E-state index contributed by atoms with van der Waals surface area (Å²) in [5.41, 5.74) is 0. The molecule has 5 nitrogen and oxygen atoms in total. The number of hydrogen-bond donors (Lipinski definition) is 2. The van der Waals surface area contributed by atoms with E-state index < -0.39 is 28.5 Å². The van der Waals surface area contributed by atoms with Crippen molar-refractivity contribution in [3.63, 3.8) is 0 Å². The van der Waals surface area contributed by atoms with Crippen LogP contribution in [0.2, 0.25) is 0 Å². The quantitative estimate of drug-likeness (QED) is 0.759. The number of amides is 1. The number of halogens is 3. The van der Waals surface area contributed by atoms with Crippen LogP contribution >= 0.6 is 34.8 Å². The van der Waals surface area contributed by atoms with Crippen molar-refractivity contribution in [3.8, 4) is 0 Å². The molecule has 8 heteroatoms. The molecule has 0 aromatic rings. The number of alkyl halides is 3. The number of carboxylic acid groups (broad SMARTS) is 1. The number of hydrogen-bond acceptors (Lipinski definition) is 3. The van der Waals surface area contributed by atoms with Crippen molar-refractivity contribution in [1.82, 2.24) is 5.32 Å². The van der Waals surface area contributed by atoms with Gasteiger partial charge in [0, 0.05) is 0 Å². The molecule has 2 N–H and O–H groups in total. The molecule has 0 radical (unpaired) electrons. The lowest BCUT2D eigenvalue weighted by atomic mass is 10.4. The number of aliphatic carboxylic acids is 1. The molecule has 0 fully saturated rings. The maximum absolute atomic E-state index is 10.8. The molecule has 0 heterocycles. The zero-order valence-electron chi connectivity index (χ0n) is 7.09. The van der Waals surface area contributed by atoms with E-state index in [1.807, 2.05) is 5.32 Å². The first-order valence-electron chi connectivity index (χ1n) is 3.45. The van der Waals surface area contributed by atoms with E-state index in [0.29, 0.717) is 0 Å². The Labute approximate surface area is 95.3 Å². The molecule has 1 amide bonds. The average molecular weight is 264 g/mol. The standard InChI is InChI=1S/C6H8Cl3NO4/c1-3(4(11)12)10-5(13)14-2-6(7,8)9/h3H,2H2,1H3,(H,10,13)(H,11,12)/t3-/m1/s1. The molecule has 0 aliphatic heterocycles. The third-order valence-corrected chi connectivity index (χ3v) is 1.40. The normalized spacial score (nSPS) is 13.1. The van der Waals surface area contributed by atoms with Crippen LogP contribution in [0.15, 0.2) is 0 Å². The molecular formula is C6H8Cl3NO4. The lowest BCUT2D eigenvalue weighted by Gasteiger charge is -2.13. The molecule has 0 aromatic heterocycles. The molecule has 0 unspecified atom stereocenters. The van der Waals surface area contributed by atoms with Gasteiger partial charge in [-0.3, -0.25) is 4.79 Å². The molecular weight excluding hydrogens is 256 g/mol. The lowest BCUT2D eigenvalue weighted by Crippen LogP contribution is -2.39. The van der Waals surface area contributed by atoms with E-state index in [1.165, 1.54) is 6.92 Å². The second-order valence-electron chi connectivity index (χ2n) is 2.40. The Morgan fingerprint density at radius 1 is 1.50 bits per heavy atom. The Kier molecular flexibility index (Phi) is 5.33. The van der Waals surface area contributed by atoms with Crippen LogP contribution in [0.4, 0.5) is 4.79 Å². The number of carboxylic acids is 1. The smallest absolute Gasteiger partial charge is 0.407 e. The Morgan fingerprint density at radius 3 is 2.36 bits per heavy atom. The van der Waals surface area contributed by atoms with E-state index in [-0.39, 0.29) is 0 Å². The summed E-state index contributed by atoms with van der Waals surface area (Å²) in [7, 11) is 0. The number of nitrogens with one attached hydrogen (secondary N) is 1. The third kappa shape index (κ3) is 7.06. The summed E-state index contributed by atoms with van der Waals surface area (Å²) in [6.07, 6.45) is -0.953. The maximum atomic E-state index is 10.8. The fraction of sp³-hybridized carbons (Fsp3) is 0.667. The van der Waals surface area contributed by atoms with Crippen LogP contribution in [-0.4, -0.2) is 33.6 Å². The summed E-state index contributed by atoms with van der Waals surface area (Å²) >= 11 is 15.9. The molecule has 0 saturated heterocycles. The molecule has 0 aliphatic carbocycles. The molecule has 0 aliphatic rings. The van der Waals surface area contributed by atoms with Crippen LogP contribution in [0, 0.1) is 0 Å². The highest BCUT2D eigenvalue weighted by Crippen LogP contribution is 2.25. The van der Waals surface area contributed by atoms with Crippen LogP contribution in [0.3, 0.4) is 0 Å². The molecule has 0 rings (SSSR count). The molecule has 0 spiro atoms. The first-order valence-corrected chi connectivity index (χ1v) is 4.58. The molecule has 14 heavy (non-hydrogen) atoms. The fourth-order valence-corrected chi connectivity index (χ4v) is 0.591. The zero-order chi connectivity index (χ0) is 11.4. The van der Waals surface area contributed by atoms with Crippen molar-refractivity contribution in [2.45, 2.75) is 16.8 Å². The van der Waals surface area contributed by atoms with Crippen LogP contribution in [0.5, 0.6) is 0 Å². The van der Waals surface area contributed by atoms with Crippen molar-refractivity contribution < 1.29 is 19.4 Å². The predicted octanol–water partition coefficient (Wildman–Crippen LogP) is 1.56. The van der Waals surface area contributed by atoms with E-state index >= 15 is 0 Å². The third-order valence-electron chi connectivity index (χ3n) is 1.07. The second kappa shape index (κ2) is 5.48. The van der Waals surface area contributed by atoms with Crippen molar-refractivity contribution >= 4 is 46.9 Å². The Hall–Kier alpha value is -0.390. The van der Waals surface area contributed by atoms with Gasteiger partial charge >= 0.3 is 12.1 Å². The Bertz CT molecular complexity index is 228. The fourth-order valence-electron chi connectivity index (χ4n) is 0.428. The summed E-state index contributed by atoms with van der Waals surface area (Å²) in [4.78, 5) is 21.1. The van der Waals surface area contributed by atoms with Crippen molar-refractivity contribution in [2.75, 3.05) is 6.61 Å². The maximum Gasteiger partial charge on any atom is 0.407 e. The van der Waals surface area contributed by atoms with Crippen LogP contribution < -0.4 is 5.32 Å². The molecule has 0 bridgehead atoms. The lowest BCUT2D eigenvalue weighted by molar-refractivity contribution is -0.138. The summed E-state index contributed by atoms with van der Waals surface area (Å²) in [5, 5.41) is 10.4. The van der Waals surface area contributed by atoms with Gasteiger partial charge in [-0.15, -0.1) is 0 Å². The highest BCUT2D eigenvalue weighted by atomic mass is 35.6. The number of ether oxygens (including phenoxy) is 1. The molecule has 82 valence electrons. The van der Waals surface area contributed by atoms with E-state index in [1.54, 1.807) is 0 Å². The number of carbonyl (C=O) groups is 2. The highest BCUT2D eigenvalue weighted by Gasteiger charge is 2.23. The van der Waals surface area contributed by atoms with Crippen molar-refractivity contribution in [2.24, 2.45) is 0 Å². The van der Waals surface area contributed by atoms with Gasteiger partial charge in [-0.05, 0) is 6.92 Å².